The number of aliphatic hydroxyl groups is 2. The van der Waals surface area contributed by atoms with Crippen LogP contribution in [-0.4, -0.2) is 61.9 Å². The second-order valence-corrected chi connectivity index (χ2v) is 9.34. The average Bonchev–Trinajstić information content (AvgIpc) is 2.73. The first-order chi connectivity index (χ1) is 9.68. The zero-order valence-corrected chi connectivity index (χ0v) is 14.2. The van der Waals surface area contributed by atoms with Crippen LogP contribution in [0.1, 0.15) is 0 Å². The van der Waals surface area contributed by atoms with Gasteiger partial charge in [0.15, 0.2) is 0 Å². The van der Waals surface area contributed by atoms with E-state index in [9.17, 15) is 10.2 Å². The molecule has 0 aromatic heterocycles. The van der Waals surface area contributed by atoms with Gasteiger partial charge >= 0.3 is 0 Å². The summed E-state index contributed by atoms with van der Waals surface area (Å²) in [7, 11) is 2.89. The fourth-order valence-electron chi connectivity index (χ4n) is 6.98. The van der Waals surface area contributed by atoms with Gasteiger partial charge in [-0.25, -0.2) is 0 Å². The van der Waals surface area contributed by atoms with Gasteiger partial charge in [-0.05, 0) is 0 Å². The molecule has 0 radical (unpaired) electrons. The fraction of sp³-hybridized carbons (Fsp3) is 1.00. The van der Waals surface area contributed by atoms with Crippen molar-refractivity contribution >= 4 is 46.4 Å². The van der Waals surface area contributed by atoms with Crippen LogP contribution in [0.2, 0.25) is 0 Å². The van der Waals surface area contributed by atoms with Crippen molar-refractivity contribution in [3.8, 4) is 0 Å². The highest BCUT2D eigenvalue weighted by Gasteiger charge is 3.11. The number of aliphatic hydroxyl groups excluding tert-OH is 2. The topological polar surface area (TPSA) is 58.9 Å². The van der Waals surface area contributed by atoms with Crippen molar-refractivity contribution in [2.24, 2.45) is 23.7 Å². The Morgan fingerprint density at radius 3 is 1.24 bits per heavy atom. The largest absolute Gasteiger partial charge is 0.392 e. The SMILES string of the molecule is COC1(OC)[C@@]2(Cl)[C@H]3[C@@H](O)[C@H]4[C@H]5[C@@H](O)[C@H]3[C@@]1(Cl)[C@@]5(Cl)[C@]42Cl. The molecule has 0 amide bonds. The summed E-state index contributed by atoms with van der Waals surface area (Å²) in [5, 5.41) is 21.4. The number of hydrogen-bond acceptors (Lipinski definition) is 4. The van der Waals surface area contributed by atoms with E-state index in [1.807, 2.05) is 0 Å². The van der Waals surface area contributed by atoms with E-state index in [2.05, 4.69) is 0 Å². The Kier molecular flexibility index (Phi) is 2.21. The summed E-state index contributed by atoms with van der Waals surface area (Å²) < 4.78 is 11.3. The number of fused-ring (bicyclic) bond motifs is 2. The molecular formula is C13H14Cl4O4. The second-order valence-electron chi connectivity index (χ2n) is 6.96. The highest BCUT2D eigenvalue weighted by molar-refractivity contribution is 6.51. The van der Waals surface area contributed by atoms with Crippen LogP contribution in [0.15, 0.2) is 0 Å². The third kappa shape index (κ3) is 0.758. The number of methoxy groups -OCH3 is 2. The van der Waals surface area contributed by atoms with Gasteiger partial charge in [0.1, 0.15) is 9.75 Å². The molecule has 0 saturated heterocycles. The van der Waals surface area contributed by atoms with E-state index in [0.29, 0.717) is 0 Å². The Balaban J connectivity index is 1.94. The van der Waals surface area contributed by atoms with Gasteiger partial charge in [-0.15, -0.1) is 46.4 Å². The summed E-state index contributed by atoms with van der Waals surface area (Å²) in [4.78, 5) is -4.90. The van der Waals surface area contributed by atoms with Gasteiger partial charge in [0.2, 0.25) is 5.79 Å². The molecule has 5 saturated carbocycles. The summed E-state index contributed by atoms with van der Waals surface area (Å²) >= 11 is 27.8. The second kappa shape index (κ2) is 3.23. The van der Waals surface area contributed by atoms with Crippen LogP contribution in [0.25, 0.3) is 0 Å². The molecule has 0 unspecified atom stereocenters. The molecule has 21 heavy (non-hydrogen) atoms. The van der Waals surface area contributed by atoms with E-state index in [1.54, 1.807) is 0 Å². The summed E-state index contributed by atoms with van der Waals surface area (Å²) in [5.41, 5.74) is 0. The lowest BCUT2D eigenvalue weighted by atomic mass is 9.57. The highest BCUT2D eigenvalue weighted by atomic mass is 35.5. The Morgan fingerprint density at radius 2 is 0.952 bits per heavy atom. The van der Waals surface area contributed by atoms with Crippen molar-refractivity contribution in [1.29, 1.82) is 0 Å². The summed E-state index contributed by atoms with van der Waals surface area (Å²) in [6.45, 7) is 0. The Hall–Kier alpha value is 1.00. The molecule has 0 spiro atoms. The van der Waals surface area contributed by atoms with Crippen molar-refractivity contribution in [1.82, 2.24) is 0 Å². The van der Waals surface area contributed by atoms with Gasteiger partial charge < -0.3 is 19.7 Å². The number of rotatable bonds is 2. The minimum atomic E-state index is -1.45. The minimum Gasteiger partial charge on any atom is -0.392 e. The van der Waals surface area contributed by atoms with E-state index >= 15 is 0 Å². The van der Waals surface area contributed by atoms with Crippen molar-refractivity contribution in [2.75, 3.05) is 14.2 Å². The first-order valence-electron chi connectivity index (χ1n) is 6.90. The van der Waals surface area contributed by atoms with Gasteiger partial charge in [-0.1, -0.05) is 0 Å². The standard InChI is InChI=1S/C13H14Cl4O4/c1-20-13(21-2)11(16)5-6-8(19)4-3(7(5)18)9(11,14)10(4,15)12(6,13)17/h3-8,18-19H,1-2H3/t3-,4+,5-,6+,7+,8-,9-,10+,11-,12-/m1/s1. The van der Waals surface area contributed by atoms with Gasteiger partial charge in [0.25, 0.3) is 0 Å². The molecule has 0 aliphatic heterocycles. The van der Waals surface area contributed by atoms with E-state index < -0.39 is 61.2 Å². The van der Waals surface area contributed by atoms with Crippen LogP contribution < -0.4 is 0 Å². The first-order valence-corrected chi connectivity index (χ1v) is 8.41. The number of ether oxygens (including phenoxy) is 2. The van der Waals surface area contributed by atoms with Crippen LogP contribution in [0, 0.1) is 23.7 Å². The van der Waals surface area contributed by atoms with Gasteiger partial charge in [0.05, 0.1) is 22.0 Å². The summed E-state index contributed by atoms with van der Waals surface area (Å²) in [6.07, 6.45) is -1.53. The molecule has 5 aliphatic rings. The molecule has 118 valence electrons. The number of hydrogen-bond donors (Lipinski definition) is 2. The van der Waals surface area contributed by atoms with Gasteiger partial charge in [0, 0.05) is 37.9 Å². The van der Waals surface area contributed by atoms with Crippen LogP contribution in [0.4, 0.5) is 0 Å². The zero-order chi connectivity index (χ0) is 15.4. The lowest BCUT2D eigenvalue weighted by Gasteiger charge is -2.60. The lowest BCUT2D eigenvalue weighted by molar-refractivity contribution is -0.225. The lowest BCUT2D eigenvalue weighted by Crippen LogP contribution is -2.74. The molecule has 10 atom stereocenters. The van der Waals surface area contributed by atoms with Gasteiger partial charge in [-0.3, -0.25) is 0 Å². The maximum atomic E-state index is 10.7. The van der Waals surface area contributed by atoms with Crippen LogP contribution in [0.5, 0.6) is 0 Å². The summed E-state index contributed by atoms with van der Waals surface area (Å²) in [6, 6.07) is 0. The zero-order valence-electron chi connectivity index (χ0n) is 11.2. The molecule has 8 heteroatoms. The quantitative estimate of drug-likeness (QED) is 0.561. The summed E-state index contributed by atoms with van der Waals surface area (Å²) in [5.74, 6) is -3.29. The predicted octanol–water partition coefficient (Wildman–Crippen LogP) is 1.14. The molecule has 0 aromatic rings. The normalized spacial score (nSPS) is 74.3. The number of halogens is 4. The molecule has 0 heterocycles. The van der Waals surface area contributed by atoms with E-state index in [1.165, 1.54) is 14.2 Å². The van der Waals surface area contributed by atoms with Crippen molar-refractivity contribution < 1.29 is 19.7 Å². The maximum Gasteiger partial charge on any atom is 0.211 e. The first kappa shape index (κ1) is 14.4. The van der Waals surface area contributed by atoms with Gasteiger partial charge in [-0.2, -0.15) is 0 Å². The molecular weight excluding hydrogens is 362 g/mol. The number of alkyl halides is 4. The molecule has 5 rings (SSSR count). The Labute approximate surface area is 141 Å². The Bertz CT molecular complexity index is 541. The molecule has 5 aliphatic carbocycles. The van der Waals surface area contributed by atoms with E-state index in [4.69, 9.17) is 55.9 Å². The molecule has 5 fully saturated rings. The molecule has 0 aromatic carbocycles. The molecule has 2 N–H and O–H groups in total. The smallest absolute Gasteiger partial charge is 0.211 e. The van der Waals surface area contributed by atoms with E-state index in [0.717, 1.165) is 0 Å². The minimum absolute atomic E-state index is 0.404. The molecule has 4 nitrogen and oxygen atoms in total. The van der Waals surface area contributed by atoms with E-state index in [-0.39, 0.29) is 0 Å². The fourth-order valence-corrected chi connectivity index (χ4v) is 10.4. The molecule has 2 bridgehead atoms. The Morgan fingerprint density at radius 1 is 0.667 bits per heavy atom. The highest BCUT2D eigenvalue weighted by Crippen LogP contribution is 2.97. The van der Waals surface area contributed by atoms with Crippen molar-refractivity contribution in [3.05, 3.63) is 0 Å². The third-order valence-electron chi connectivity index (χ3n) is 7.20. The predicted molar refractivity (Wildman–Crippen MR) is 77.1 cm³/mol. The third-order valence-corrected chi connectivity index (χ3v) is 10.8. The van der Waals surface area contributed by atoms with Crippen molar-refractivity contribution in [3.63, 3.8) is 0 Å². The van der Waals surface area contributed by atoms with Crippen LogP contribution in [-0.2, 0) is 9.47 Å². The van der Waals surface area contributed by atoms with Crippen LogP contribution >= 0.6 is 46.4 Å². The average molecular weight is 376 g/mol. The maximum absolute atomic E-state index is 10.7. The monoisotopic (exact) mass is 374 g/mol. The van der Waals surface area contributed by atoms with Crippen molar-refractivity contribution in [2.45, 2.75) is 37.5 Å². The van der Waals surface area contributed by atoms with Crippen LogP contribution in [0.3, 0.4) is 0 Å².